The van der Waals surface area contributed by atoms with Crippen molar-refractivity contribution in [2.75, 3.05) is 27.8 Å². The van der Waals surface area contributed by atoms with Crippen molar-refractivity contribution >= 4 is 116 Å². The molecule has 0 unspecified atom stereocenters. The molecule has 0 aliphatic rings. The number of rotatable bonds is 14. The van der Waals surface area contributed by atoms with Crippen LogP contribution in [0.2, 0.25) is 5.28 Å². The predicted octanol–water partition coefficient (Wildman–Crippen LogP) is 8.07. The van der Waals surface area contributed by atoms with E-state index in [1.165, 1.54) is 55.5 Å². The molecule has 6 rings (SSSR count). The van der Waals surface area contributed by atoms with Gasteiger partial charge in [0.1, 0.15) is 27.7 Å². The first kappa shape index (κ1) is 44.6. The molecule has 1 amide bonds. The van der Waals surface area contributed by atoms with E-state index in [1.807, 2.05) is 0 Å². The van der Waals surface area contributed by atoms with Gasteiger partial charge >= 0.3 is 0 Å². The second-order valence-corrected chi connectivity index (χ2v) is 17.8. The number of aromatic nitrogens is 3. The van der Waals surface area contributed by atoms with Crippen molar-refractivity contribution in [2.45, 2.75) is 28.5 Å². The van der Waals surface area contributed by atoms with Gasteiger partial charge in [0.05, 0.1) is 32.2 Å². The first-order valence-corrected chi connectivity index (χ1v) is 22.3. The summed E-state index contributed by atoms with van der Waals surface area (Å²) in [6.45, 7) is 6.72. The van der Waals surface area contributed by atoms with E-state index >= 15 is 0 Å². The number of nitrogens with zero attached hydrogens (tertiary/aromatic N) is 8. The third-order valence-corrected chi connectivity index (χ3v) is 11.8. The van der Waals surface area contributed by atoms with E-state index in [0.717, 1.165) is 29.7 Å². The van der Waals surface area contributed by atoms with Gasteiger partial charge in [-0.2, -0.15) is 36.9 Å². The molecule has 25 heteroatoms. The normalized spacial score (nSPS) is 12.2. The summed E-state index contributed by atoms with van der Waals surface area (Å²) in [4.78, 5) is 25.3. The van der Waals surface area contributed by atoms with E-state index < -0.39 is 51.5 Å². The number of nitrogens with two attached hydrogens (primary N) is 1. The average molecular weight is 922 g/mol. The number of nitrogen functional groups attached to an aromatic ring is 1. The number of hydrogen-bond acceptors (Lipinski definition) is 18. The minimum atomic E-state index is -4.98. The zero-order chi connectivity index (χ0) is 45.1. The van der Waals surface area contributed by atoms with Gasteiger partial charge in [0, 0.05) is 36.3 Å². The SMILES string of the molecule is C=CS(=O)(=O)c1cccc(N(CC)c2nc(Cl)nc(Nc3ccc(/N=N/c4ccc(/N=N/c5c(N)ccc6cc(S(=O)(=O)O)cc(O)c56)c(S(=O)(=O)O)c4)c(NC(C)=O)c3)n2)c1. The summed E-state index contributed by atoms with van der Waals surface area (Å²) in [5.41, 5.74) is 6.39. The van der Waals surface area contributed by atoms with Crippen molar-refractivity contribution in [2.24, 2.45) is 20.5 Å². The molecule has 0 radical (unpaired) electrons. The molecule has 0 fully saturated rings. The number of sulfone groups is 1. The fraction of sp³-hybridized carbons (Fsp3) is 0.0811. The maximum absolute atomic E-state index is 12.5. The van der Waals surface area contributed by atoms with Gasteiger partial charge in [0.15, 0.2) is 9.84 Å². The van der Waals surface area contributed by atoms with E-state index in [2.05, 4.69) is 52.6 Å². The van der Waals surface area contributed by atoms with Gasteiger partial charge in [-0.05, 0) is 90.6 Å². The number of anilines is 6. The number of azo groups is 2. The Morgan fingerprint density at radius 1 is 0.855 bits per heavy atom. The molecule has 5 aromatic carbocycles. The number of phenolic OH excluding ortho intramolecular Hbond substituents is 1. The maximum Gasteiger partial charge on any atom is 0.296 e. The van der Waals surface area contributed by atoms with Gasteiger partial charge in [0.2, 0.25) is 23.1 Å². The van der Waals surface area contributed by atoms with Crippen LogP contribution in [0.1, 0.15) is 13.8 Å². The van der Waals surface area contributed by atoms with Gasteiger partial charge in [-0.15, -0.1) is 15.3 Å². The molecule has 0 spiro atoms. The lowest BCUT2D eigenvalue weighted by atomic mass is 10.1. The minimum absolute atomic E-state index is 0.0119. The highest BCUT2D eigenvalue weighted by molar-refractivity contribution is 7.94. The van der Waals surface area contributed by atoms with Crippen molar-refractivity contribution < 1.29 is 44.3 Å². The van der Waals surface area contributed by atoms with Gasteiger partial charge < -0.3 is 26.4 Å². The first-order chi connectivity index (χ1) is 29.2. The molecule has 1 heterocycles. The van der Waals surface area contributed by atoms with Crippen molar-refractivity contribution in [3.63, 3.8) is 0 Å². The number of hydrogen-bond donors (Lipinski definition) is 6. The van der Waals surface area contributed by atoms with E-state index in [-0.39, 0.29) is 67.0 Å². The Bertz CT molecular complexity index is 3210. The summed E-state index contributed by atoms with van der Waals surface area (Å²) < 4.78 is 92.7. The lowest BCUT2D eigenvalue weighted by Crippen LogP contribution is -2.20. The van der Waals surface area contributed by atoms with Crippen molar-refractivity contribution in [1.29, 1.82) is 0 Å². The van der Waals surface area contributed by atoms with E-state index in [1.54, 1.807) is 24.0 Å². The Kier molecular flexibility index (Phi) is 12.6. The van der Waals surface area contributed by atoms with Crippen LogP contribution in [-0.2, 0) is 34.9 Å². The molecule has 1 aromatic heterocycles. The Morgan fingerprint density at radius 3 is 2.26 bits per heavy atom. The summed E-state index contributed by atoms with van der Waals surface area (Å²) in [6.07, 6.45) is 0. The average Bonchev–Trinajstić information content (AvgIpc) is 3.19. The van der Waals surface area contributed by atoms with Gasteiger partial charge in [-0.1, -0.05) is 18.7 Å². The highest BCUT2D eigenvalue weighted by Crippen LogP contribution is 2.41. The van der Waals surface area contributed by atoms with Gasteiger partial charge in [-0.25, -0.2) is 8.42 Å². The number of carbonyl (C=O) groups is 1. The first-order valence-electron chi connectivity index (χ1n) is 17.5. The Balaban J connectivity index is 1.29. The second-order valence-electron chi connectivity index (χ2n) is 12.8. The number of nitrogens with one attached hydrogen (secondary N) is 2. The molecule has 0 saturated carbocycles. The zero-order valence-electron chi connectivity index (χ0n) is 32.0. The molecule has 0 bridgehead atoms. The van der Waals surface area contributed by atoms with Crippen LogP contribution in [0.4, 0.5) is 57.4 Å². The number of carbonyl (C=O) groups excluding carboxylic acids is 1. The number of amides is 1. The molecule has 0 atom stereocenters. The standard InChI is InChI=1S/C37H32ClN11O10S3/c1-4-49(24-7-6-8-25(18-24)60(52,53)5-2)37-43-35(38)42-36(44-37)41-22-10-13-28(30(16-22)40-20(3)50)46-45-23-11-14-29(32(17-23)62(57,58)59)47-48-34-27(39)12-9-21-15-26(61(54,55)56)19-31(51)33(21)34/h5-19,51H,2,4,39H2,1,3H3,(H,40,50)(H,54,55,56)(H,57,58,59)(H,41,42,43,44)/b46-45+,48-47+. The molecule has 21 nitrogen and oxygen atoms in total. The van der Waals surface area contributed by atoms with Crippen LogP contribution in [0.3, 0.4) is 0 Å². The van der Waals surface area contributed by atoms with E-state index in [9.17, 15) is 44.3 Å². The third-order valence-electron chi connectivity index (χ3n) is 8.52. The fourth-order valence-electron chi connectivity index (χ4n) is 5.74. The summed E-state index contributed by atoms with van der Waals surface area (Å²) >= 11 is 6.28. The summed E-state index contributed by atoms with van der Waals surface area (Å²) in [6, 6.07) is 18.4. The molecular weight excluding hydrogens is 890 g/mol. The molecule has 0 saturated heterocycles. The third kappa shape index (κ3) is 10.1. The lowest BCUT2D eigenvalue weighted by Gasteiger charge is -2.22. The van der Waals surface area contributed by atoms with Crippen LogP contribution in [-0.4, -0.2) is 66.9 Å². The van der Waals surface area contributed by atoms with Gasteiger partial charge in [-0.3, -0.25) is 13.9 Å². The summed E-state index contributed by atoms with van der Waals surface area (Å²) in [5.74, 6) is -1.04. The molecule has 0 aliphatic heterocycles. The largest absolute Gasteiger partial charge is 0.507 e. The number of halogens is 1. The maximum atomic E-state index is 12.5. The molecule has 7 N–H and O–H groups in total. The van der Waals surface area contributed by atoms with Crippen LogP contribution in [0.15, 0.2) is 132 Å². The Hall–Kier alpha value is -6.96. The van der Waals surface area contributed by atoms with Crippen LogP contribution < -0.4 is 21.3 Å². The van der Waals surface area contributed by atoms with E-state index in [0.29, 0.717) is 17.9 Å². The smallest absolute Gasteiger partial charge is 0.296 e. The van der Waals surface area contributed by atoms with Crippen LogP contribution in [0.25, 0.3) is 10.8 Å². The quantitative estimate of drug-likeness (QED) is 0.0342. The number of aromatic hydroxyl groups is 1. The molecule has 62 heavy (non-hydrogen) atoms. The highest BCUT2D eigenvalue weighted by Gasteiger charge is 2.21. The monoisotopic (exact) mass is 921 g/mol. The molecule has 0 aliphatic carbocycles. The number of phenols is 1. The van der Waals surface area contributed by atoms with Crippen molar-refractivity contribution in [1.82, 2.24) is 15.0 Å². The predicted molar refractivity (Wildman–Crippen MR) is 230 cm³/mol. The highest BCUT2D eigenvalue weighted by atomic mass is 35.5. The Labute approximate surface area is 358 Å². The van der Waals surface area contributed by atoms with Crippen LogP contribution in [0.5, 0.6) is 5.75 Å². The lowest BCUT2D eigenvalue weighted by molar-refractivity contribution is -0.114. The molecule has 6 aromatic rings. The van der Waals surface area contributed by atoms with Gasteiger partial charge in [0.25, 0.3) is 20.2 Å². The van der Waals surface area contributed by atoms with E-state index in [4.69, 9.17) is 17.3 Å². The minimum Gasteiger partial charge on any atom is -0.507 e. The summed E-state index contributed by atoms with van der Waals surface area (Å²) in [7, 11) is -13.4. The number of benzene rings is 5. The van der Waals surface area contributed by atoms with Crippen molar-refractivity contribution in [3.05, 3.63) is 102 Å². The summed E-state index contributed by atoms with van der Waals surface area (Å²) in [5, 5.41) is 33.0. The zero-order valence-corrected chi connectivity index (χ0v) is 35.2. The Morgan fingerprint density at radius 2 is 1.58 bits per heavy atom. The van der Waals surface area contributed by atoms with Crippen LogP contribution in [0, 0.1) is 0 Å². The molecule has 320 valence electrons. The fourth-order valence-corrected chi connectivity index (χ4v) is 7.82. The molecular formula is C37H32ClN11O10S3. The van der Waals surface area contributed by atoms with Crippen molar-refractivity contribution in [3.8, 4) is 5.75 Å². The second kappa shape index (κ2) is 17.6. The van der Waals surface area contributed by atoms with Crippen LogP contribution >= 0.6 is 11.6 Å². The number of fused-ring (bicyclic) bond motifs is 1. The topological polar surface area (TPSA) is 322 Å².